The van der Waals surface area contributed by atoms with Crippen molar-refractivity contribution in [1.29, 1.82) is 0 Å². The van der Waals surface area contributed by atoms with Crippen LogP contribution in [-0.2, 0) is 0 Å². The van der Waals surface area contributed by atoms with Crippen molar-refractivity contribution < 1.29 is 81.7 Å². The summed E-state index contributed by atoms with van der Waals surface area (Å²) in [6.07, 6.45) is 2.38. The van der Waals surface area contributed by atoms with Gasteiger partial charge >= 0.3 is 0 Å². The van der Waals surface area contributed by atoms with Crippen LogP contribution in [0.4, 0.5) is 0 Å². The molecule has 0 unspecified atom stereocenters. The Kier molecular flexibility index (Phi) is 38.2. The molecule has 16 heteroatoms. The molecular formula is C29H68O16. The number of hydrogen-bond acceptors (Lipinski definition) is 16. The maximum atomic E-state index is 8.66. The van der Waals surface area contributed by atoms with E-state index in [0.717, 1.165) is 0 Å². The molecule has 0 bridgehead atoms. The summed E-state index contributed by atoms with van der Waals surface area (Å²) >= 11 is 0. The molecule has 0 saturated carbocycles. The van der Waals surface area contributed by atoms with Crippen LogP contribution in [0.15, 0.2) is 0 Å². The van der Waals surface area contributed by atoms with Crippen molar-refractivity contribution in [2.75, 3.05) is 106 Å². The van der Waals surface area contributed by atoms with Crippen molar-refractivity contribution in [2.24, 2.45) is 27.1 Å². The van der Waals surface area contributed by atoms with Gasteiger partial charge < -0.3 is 81.7 Å². The van der Waals surface area contributed by atoms with Crippen LogP contribution >= 0.6 is 0 Å². The summed E-state index contributed by atoms with van der Waals surface area (Å²) in [7, 11) is 0. The fourth-order valence-corrected chi connectivity index (χ4v) is 2.24. The Morgan fingerprint density at radius 2 is 0.289 bits per heavy atom. The van der Waals surface area contributed by atoms with E-state index in [1.807, 2.05) is 27.7 Å². The normalized spacial score (nSPS) is 12.0. The van der Waals surface area contributed by atoms with Gasteiger partial charge in [0, 0.05) is 21.7 Å². The highest BCUT2D eigenvalue weighted by Crippen LogP contribution is 2.20. The van der Waals surface area contributed by atoms with E-state index in [0.29, 0.717) is 25.7 Å². The molecule has 16 N–H and O–H groups in total. The van der Waals surface area contributed by atoms with Crippen LogP contribution in [0, 0.1) is 27.1 Å². The lowest BCUT2D eigenvalue weighted by molar-refractivity contribution is -0.0328. The van der Waals surface area contributed by atoms with Gasteiger partial charge in [-0.3, -0.25) is 0 Å². The van der Waals surface area contributed by atoms with Gasteiger partial charge in [0.05, 0.1) is 111 Å². The van der Waals surface area contributed by atoms with Gasteiger partial charge in [0.25, 0.3) is 0 Å². The smallest absolute Gasteiger partial charge is 0.0627 e. The van der Waals surface area contributed by atoms with E-state index in [-0.39, 0.29) is 79.3 Å². The van der Waals surface area contributed by atoms with Crippen LogP contribution in [-0.4, -0.2) is 187 Å². The monoisotopic (exact) mass is 672 g/mol. The summed E-state index contributed by atoms with van der Waals surface area (Å²) in [4.78, 5) is 0. The SMILES string of the molecule is CCC(CO)(CO)CO.CCC(CO)(CO)CO.CCC(CO)(CO)CO.CCC(CO)(CO)CO.OCC(CO)(CO)CO. The van der Waals surface area contributed by atoms with E-state index in [4.69, 9.17) is 81.7 Å². The van der Waals surface area contributed by atoms with E-state index in [2.05, 4.69) is 0 Å². The summed E-state index contributed by atoms with van der Waals surface area (Å²) in [5, 5.41) is 138. The zero-order chi connectivity index (χ0) is 36.6. The Labute approximate surface area is 268 Å². The third-order valence-corrected chi connectivity index (χ3v) is 8.37. The van der Waals surface area contributed by atoms with E-state index in [9.17, 15) is 0 Å². The Morgan fingerprint density at radius 3 is 0.289 bits per heavy atom. The molecule has 0 aromatic carbocycles. The molecule has 0 amide bonds. The van der Waals surface area contributed by atoms with Gasteiger partial charge in [-0.2, -0.15) is 0 Å². The average molecular weight is 673 g/mol. The lowest BCUT2D eigenvalue weighted by atomic mass is 9.88. The van der Waals surface area contributed by atoms with Crippen molar-refractivity contribution in [3.8, 4) is 0 Å². The molecule has 0 aliphatic heterocycles. The van der Waals surface area contributed by atoms with Gasteiger partial charge in [0.2, 0.25) is 0 Å². The fraction of sp³-hybridized carbons (Fsp3) is 1.00. The molecular weight excluding hydrogens is 604 g/mol. The number of rotatable bonds is 20. The molecule has 0 rings (SSSR count). The van der Waals surface area contributed by atoms with Crippen LogP contribution in [0.5, 0.6) is 0 Å². The van der Waals surface area contributed by atoms with Gasteiger partial charge in [0.1, 0.15) is 0 Å². The van der Waals surface area contributed by atoms with Gasteiger partial charge in [-0.05, 0) is 25.7 Å². The fourth-order valence-electron chi connectivity index (χ4n) is 2.24. The maximum Gasteiger partial charge on any atom is 0.0627 e. The molecule has 0 heterocycles. The highest BCUT2D eigenvalue weighted by molar-refractivity contribution is 4.76. The van der Waals surface area contributed by atoms with Crippen molar-refractivity contribution in [3.05, 3.63) is 0 Å². The van der Waals surface area contributed by atoms with Gasteiger partial charge in [0.15, 0.2) is 0 Å². The molecule has 16 nitrogen and oxygen atoms in total. The number of aliphatic hydroxyl groups is 16. The minimum Gasteiger partial charge on any atom is -0.396 e. The van der Waals surface area contributed by atoms with Crippen LogP contribution in [0.1, 0.15) is 53.4 Å². The quantitative estimate of drug-likeness (QED) is 0.0578. The molecule has 0 fully saturated rings. The molecule has 0 aromatic rings. The highest BCUT2D eigenvalue weighted by atomic mass is 16.3. The first kappa shape index (κ1) is 53.8. The standard InChI is InChI=1S/4C6H14O3.C5H12O4/c4*1-2-6(3-7,4-8)5-9;6-1-5(2-7,3-8)4-9/h4*7-9H,2-5H2,1H3;6-9H,1-4H2. The zero-order valence-corrected chi connectivity index (χ0v) is 27.8. The van der Waals surface area contributed by atoms with E-state index >= 15 is 0 Å². The van der Waals surface area contributed by atoms with Crippen molar-refractivity contribution in [3.63, 3.8) is 0 Å². The predicted octanol–water partition coefficient (Wildman–Crippen LogP) is -4.62. The van der Waals surface area contributed by atoms with Gasteiger partial charge in [-0.15, -0.1) is 0 Å². The molecule has 0 aromatic heterocycles. The Bertz CT molecular complexity index is 373. The zero-order valence-electron chi connectivity index (χ0n) is 27.8. The maximum absolute atomic E-state index is 8.66. The Hall–Kier alpha value is -0.640. The van der Waals surface area contributed by atoms with Crippen molar-refractivity contribution in [1.82, 2.24) is 0 Å². The second-order valence-corrected chi connectivity index (χ2v) is 11.4. The van der Waals surface area contributed by atoms with E-state index in [1.54, 1.807) is 0 Å². The summed E-state index contributed by atoms with van der Waals surface area (Å²) in [5.41, 5.74) is -3.78. The molecule has 0 radical (unpaired) electrons. The van der Waals surface area contributed by atoms with Crippen LogP contribution in [0.3, 0.4) is 0 Å². The lowest BCUT2D eigenvalue weighted by Gasteiger charge is -2.24. The second-order valence-electron chi connectivity index (χ2n) is 11.4. The summed E-state index contributed by atoms with van der Waals surface area (Å²) in [6.45, 7) is 3.79. The van der Waals surface area contributed by atoms with Crippen LogP contribution in [0.25, 0.3) is 0 Å². The molecule has 45 heavy (non-hydrogen) atoms. The Balaban J connectivity index is -0.000000148. The molecule has 0 atom stereocenters. The van der Waals surface area contributed by atoms with Gasteiger partial charge in [-0.1, -0.05) is 27.7 Å². The van der Waals surface area contributed by atoms with Gasteiger partial charge in [-0.25, -0.2) is 0 Å². The third-order valence-electron chi connectivity index (χ3n) is 8.37. The topological polar surface area (TPSA) is 324 Å². The molecule has 0 saturated heterocycles. The van der Waals surface area contributed by atoms with Crippen molar-refractivity contribution >= 4 is 0 Å². The van der Waals surface area contributed by atoms with E-state index < -0.39 is 53.5 Å². The second kappa shape index (κ2) is 31.9. The lowest BCUT2D eigenvalue weighted by Crippen LogP contribution is -2.37. The van der Waals surface area contributed by atoms with E-state index in [1.165, 1.54) is 0 Å². The van der Waals surface area contributed by atoms with Crippen LogP contribution in [0.2, 0.25) is 0 Å². The third kappa shape index (κ3) is 21.1. The average Bonchev–Trinajstić information content (AvgIpc) is 3.12. The minimum atomic E-state index is -1.11. The summed E-state index contributed by atoms with van der Waals surface area (Å²) < 4.78 is 0. The first-order valence-corrected chi connectivity index (χ1v) is 15.0. The number of aliphatic hydroxyl groups excluding tert-OH is 16. The molecule has 0 spiro atoms. The highest BCUT2D eigenvalue weighted by Gasteiger charge is 2.28. The molecule has 280 valence electrons. The first-order valence-electron chi connectivity index (χ1n) is 15.0. The van der Waals surface area contributed by atoms with Crippen LogP contribution < -0.4 is 0 Å². The predicted molar refractivity (Wildman–Crippen MR) is 167 cm³/mol. The summed E-state index contributed by atoms with van der Waals surface area (Å²) in [5.74, 6) is 0. The molecule has 0 aliphatic carbocycles. The summed E-state index contributed by atoms with van der Waals surface area (Å²) in [6, 6.07) is 0. The van der Waals surface area contributed by atoms with Crippen molar-refractivity contribution in [2.45, 2.75) is 53.4 Å². The minimum absolute atomic E-state index is 0.156. The largest absolute Gasteiger partial charge is 0.396 e. The first-order chi connectivity index (χ1) is 21.2. The molecule has 0 aliphatic rings. The number of hydrogen-bond donors (Lipinski definition) is 16. The Morgan fingerprint density at radius 1 is 0.200 bits per heavy atom.